The molecule has 11 heavy (non-hydrogen) atoms. The number of hydrogen-bond acceptors (Lipinski definition) is 3. The molecule has 64 valence electrons. The highest BCUT2D eigenvalue weighted by molar-refractivity contribution is 5.65. The molecule has 1 heterocycles. The third-order valence-electron chi connectivity index (χ3n) is 1.63. The first-order valence-corrected chi connectivity index (χ1v) is 4.04. The minimum Gasteiger partial charge on any atom is -0.466 e. The molecule has 1 rings (SSSR count). The summed E-state index contributed by atoms with van der Waals surface area (Å²) in [6.45, 7) is 2.92. The Labute approximate surface area is 66.7 Å². The fourth-order valence-electron chi connectivity index (χ4n) is 0.925. The summed E-state index contributed by atoms with van der Waals surface area (Å²) in [5.41, 5.74) is 0. The summed E-state index contributed by atoms with van der Waals surface area (Å²) in [7, 11) is 0. The number of epoxide rings is 1. The van der Waals surface area contributed by atoms with Gasteiger partial charge in [0.1, 0.15) is 0 Å². The van der Waals surface area contributed by atoms with Gasteiger partial charge in [0.2, 0.25) is 0 Å². The SMILES string of the molecule is CC(=O)OCCCCC1CO1. The Bertz CT molecular complexity index is 129. The van der Waals surface area contributed by atoms with Crippen LogP contribution in [0.2, 0.25) is 0 Å². The second-order valence-electron chi connectivity index (χ2n) is 2.79. The third kappa shape index (κ3) is 4.79. The fraction of sp³-hybridized carbons (Fsp3) is 0.875. The smallest absolute Gasteiger partial charge is 0.302 e. The topological polar surface area (TPSA) is 38.8 Å². The van der Waals surface area contributed by atoms with Crippen LogP contribution in [0.15, 0.2) is 0 Å². The van der Waals surface area contributed by atoms with Crippen molar-refractivity contribution in [1.29, 1.82) is 0 Å². The Hall–Kier alpha value is -0.570. The van der Waals surface area contributed by atoms with Crippen LogP contribution in [0.4, 0.5) is 0 Å². The zero-order valence-electron chi connectivity index (χ0n) is 6.84. The summed E-state index contributed by atoms with van der Waals surface area (Å²) < 4.78 is 9.79. The summed E-state index contributed by atoms with van der Waals surface area (Å²) >= 11 is 0. The summed E-state index contributed by atoms with van der Waals surface area (Å²) in [6.07, 6.45) is 3.67. The van der Waals surface area contributed by atoms with Gasteiger partial charge in [-0.25, -0.2) is 0 Å². The van der Waals surface area contributed by atoms with Gasteiger partial charge in [-0.1, -0.05) is 0 Å². The van der Waals surface area contributed by atoms with Crippen LogP contribution in [0.1, 0.15) is 26.2 Å². The number of esters is 1. The van der Waals surface area contributed by atoms with Gasteiger partial charge in [-0.2, -0.15) is 0 Å². The molecule has 0 saturated carbocycles. The molecule has 0 amide bonds. The van der Waals surface area contributed by atoms with Crippen LogP contribution in [-0.4, -0.2) is 25.3 Å². The number of carbonyl (C=O) groups is 1. The average Bonchev–Trinajstić information content (AvgIpc) is 2.70. The van der Waals surface area contributed by atoms with E-state index >= 15 is 0 Å². The number of unbranched alkanes of at least 4 members (excludes halogenated alkanes) is 1. The number of rotatable bonds is 5. The van der Waals surface area contributed by atoms with Gasteiger partial charge in [0, 0.05) is 6.92 Å². The molecule has 1 atom stereocenters. The summed E-state index contributed by atoms with van der Waals surface area (Å²) in [4.78, 5) is 10.3. The Balaban J connectivity index is 1.76. The molecule has 0 N–H and O–H groups in total. The van der Waals surface area contributed by atoms with Gasteiger partial charge in [0.25, 0.3) is 0 Å². The Morgan fingerprint density at radius 2 is 2.36 bits per heavy atom. The molecule has 0 bridgehead atoms. The van der Waals surface area contributed by atoms with Crippen LogP contribution in [0.25, 0.3) is 0 Å². The van der Waals surface area contributed by atoms with Gasteiger partial charge >= 0.3 is 5.97 Å². The first kappa shape index (κ1) is 8.53. The first-order chi connectivity index (χ1) is 5.29. The molecule has 0 spiro atoms. The summed E-state index contributed by atoms with van der Waals surface area (Å²) in [6, 6.07) is 0. The van der Waals surface area contributed by atoms with Crippen LogP contribution in [-0.2, 0) is 14.3 Å². The van der Waals surface area contributed by atoms with E-state index in [1.807, 2.05) is 0 Å². The number of ether oxygens (including phenoxy) is 2. The maximum absolute atomic E-state index is 10.3. The molecule has 0 aromatic carbocycles. The van der Waals surface area contributed by atoms with E-state index in [1.54, 1.807) is 0 Å². The molecule has 0 aromatic heterocycles. The molecule has 1 aliphatic heterocycles. The van der Waals surface area contributed by atoms with Crippen molar-refractivity contribution in [3.8, 4) is 0 Å². The Morgan fingerprint density at radius 3 is 2.91 bits per heavy atom. The van der Waals surface area contributed by atoms with Gasteiger partial charge in [-0.05, 0) is 19.3 Å². The van der Waals surface area contributed by atoms with Crippen molar-refractivity contribution in [2.24, 2.45) is 0 Å². The highest BCUT2D eigenvalue weighted by Gasteiger charge is 2.20. The largest absolute Gasteiger partial charge is 0.466 e. The Morgan fingerprint density at radius 1 is 1.64 bits per heavy atom. The maximum atomic E-state index is 10.3. The van der Waals surface area contributed by atoms with Crippen molar-refractivity contribution >= 4 is 5.97 Å². The lowest BCUT2D eigenvalue weighted by Gasteiger charge is -1.99. The van der Waals surface area contributed by atoms with Crippen LogP contribution < -0.4 is 0 Å². The highest BCUT2D eigenvalue weighted by atomic mass is 16.6. The van der Waals surface area contributed by atoms with Crippen molar-refractivity contribution < 1.29 is 14.3 Å². The molecular formula is C8H14O3. The van der Waals surface area contributed by atoms with E-state index in [4.69, 9.17) is 9.47 Å². The minimum absolute atomic E-state index is 0.187. The normalized spacial score (nSPS) is 21.4. The zero-order valence-corrected chi connectivity index (χ0v) is 6.84. The van der Waals surface area contributed by atoms with Crippen LogP contribution >= 0.6 is 0 Å². The second-order valence-corrected chi connectivity index (χ2v) is 2.79. The van der Waals surface area contributed by atoms with Crippen LogP contribution in [0.5, 0.6) is 0 Å². The van der Waals surface area contributed by atoms with Crippen molar-refractivity contribution in [3.05, 3.63) is 0 Å². The molecule has 0 aliphatic carbocycles. The van der Waals surface area contributed by atoms with E-state index in [1.165, 1.54) is 6.92 Å². The van der Waals surface area contributed by atoms with E-state index in [0.29, 0.717) is 12.7 Å². The van der Waals surface area contributed by atoms with Crippen LogP contribution in [0.3, 0.4) is 0 Å². The van der Waals surface area contributed by atoms with Crippen molar-refractivity contribution in [3.63, 3.8) is 0 Å². The molecule has 1 fully saturated rings. The lowest BCUT2D eigenvalue weighted by molar-refractivity contribution is -0.141. The predicted molar refractivity (Wildman–Crippen MR) is 40.2 cm³/mol. The molecular weight excluding hydrogens is 144 g/mol. The fourth-order valence-corrected chi connectivity index (χ4v) is 0.925. The summed E-state index contributed by atoms with van der Waals surface area (Å²) in [5, 5.41) is 0. The highest BCUT2D eigenvalue weighted by Crippen LogP contribution is 2.16. The van der Waals surface area contributed by atoms with E-state index in [9.17, 15) is 4.79 Å². The third-order valence-corrected chi connectivity index (χ3v) is 1.63. The van der Waals surface area contributed by atoms with E-state index in [-0.39, 0.29) is 5.97 Å². The minimum atomic E-state index is -0.187. The monoisotopic (exact) mass is 158 g/mol. The van der Waals surface area contributed by atoms with Gasteiger partial charge in [-0.3, -0.25) is 4.79 Å². The van der Waals surface area contributed by atoms with Crippen molar-refractivity contribution in [1.82, 2.24) is 0 Å². The van der Waals surface area contributed by atoms with E-state index in [2.05, 4.69) is 0 Å². The quantitative estimate of drug-likeness (QED) is 0.342. The maximum Gasteiger partial charge on any atom is 0.302 e. The van der Waals surface area contributed by atoms with Gasteiger partial charge in [-0.15, -0.1) is 0 Å². The number of carbonyl (C=O) groups excluding carboxylic acids is 1. The number of hydrogen-bond donors (Lipinski definition) is 0. The molecule has 0 aromatic rings. The molecule has 0 radical (unpaired) electrons. The first-order valence-electron chi connectivity index (χ1n) is 4.04. The molecule has 3 nitrogen and oxygen atoms in total. The standard InChI is InChI=1S/C8H14O3/c1-7(9)10-5-3-2-4-8-6-11-8/h8H,2-6H2,1H3. The average molecular weight is 158 g/mol. The summed E-state index contributed by atoms with van der Waals surface area (Å²) in [5.74, 6) is -0.187. The van der Waals surface area contributed by atoms with Crippen molar-refractivity contribution in [2.45, 2.75) is 32.3 Å². The Kier molecular flexibility index (Phi) is 3.36. The molecule has 3 heteroatoms. The molecule has 1 saturated heterocycles. The lowest BCUT2D eigenvalue weighted by Crippen LogP contribution is -2.00. The van der Waals surface area contributed by atoms with Gasteiger partial charge in [0.05, 0.1) is 19.3 Å². The van der Waals surface area contributed by atoms with Crippen LogP contribution in [0, 0.1) is 0 Å². The zero-order chi connectivity index (χ0) is 8.10. The lowest BCUT2D eigenvalue weighted by atomic mass is 10.2. The van der Waals surface area contributed by atoms with Gasteiger partial charge in [0.15, 0.2) is 0 Å². The molecule has 1 unspecified atom stereocenters. The van der Waals surface area contributed by atoms with E-state index < -0.39 is 0 Å². The predicted octanol–water partition coefficient (Wildman–Crippen LogP) is 1.12. The van der Waals surface area contributed by atoms with Gasteiger partial charge < -0.3 is 9.47 Å². The molecule has 1 aliphatic rings. The van der Waals surface area contributed by atoms with Crippen molar-refractivity contribution in [2.75, 3.05) is 13.2 Å². The second kappa shape index (κ2) is 4.34. The van der Waals surface area contributed by atoms with E-state index in [0.717, 1.165) is 25.9 Å².